The fourth-order valence-corrected chi connectivity index (χ4v) is 4.28. The van der Waals surface area contributed by atoms with Crippen molar-refractivity contribution in [3.63, 3.8) is 0 Å². The van der Waals surface area contributed by atoms with Crippen LogP contribution in [0.2, 0.25) is 0 Å². The molecule has 0 unspecified atom stereocenters. The largest absolute Gasteiger partial charge is 0.494 e. The van der Waals surface area contributed by atoms with Crippen LogP contribution in [-0.2, 0) is 4.79 Å². The average Bonchev–Trinajstić information content (AvgIpc) is 3.51. The molecule has 2 aromatic heterocycles. The summed E-state index contributed by atoms with van der Waals surface area (Å²) in [5.41, 5.74) is 2.63. The number of nitrogens with zero attached hydrogens (tertiary/aromatic N) is 4. The Morgan fingerprint density at radius 2 is 1.97 bits per heavy atom. The third-order valence-corrected chi connectivity index (χ3v) is 6.01. The predicted octanol–water partition coefficient (Wildman–Crippen LogP) is 5.00. The summed E-state index contributed by atoms with van der Waals surface area (Å²) < 4.78 is 27.1. The number of carbonyl (C=O) groups is 1. The van der Waals surface area contributed by atoms with Crippen molar-refractivity contribution in [2.24, 2.45) is 0 Å². The number of fused-ring (bicyclic) bond motifs is 1. The number of hydrogen-bond donors (Lipinski definition) is 0. The number of likely N-dealkylation sites (tertiary alicyclic amines) is 1. The molecule has 4 aromatic rings. The van der Waals surface area contributed by atoms with E-state index in [-0.39, 0.29) is 23.4 Å². The van der Waals surface area contributed by atoms with E-state index in [9.17, 15) is 9.18 Å². The summed E-state index contributed by atoms with van der Waals surface area (Å²) in [5, 5.41) is 5.83. The minimum absolute atomic E-state index is 0.0658. The molecule has 1 aliphatic rings. The summed E-state index contributed by atoms with van der Waals surface area (Å²) in [4.78, 5) is 18.1. The number of amides is 1. The molecule has 5 rings (SSSR count). The summed E-state index contributed by atoms with van der Waals surface area (Å²) in [6.07, 6.45) is 5.70. The number of aromatic nitrogens is 3. The van der Waals surface area contributed by atoms with Crippen LogP contribution in [0.15, 0.2) is 73.6 Å². The Bertz CT molecular complexity index is 1370. The standard InChI is InChI=1S/C26H23FN4O3/c1-3-24(32)30-14-12-18(16-30)31-21-11-13-28-15-20(21)26(29-31)17-7-9-19(10-8-17)34-23-6-4-5-22(33-2)25(23)27/h3-11,13,15,18H,1,12,14,16H2,2H3/t18-/m0/s1. The molecule has 1 fully saturated rings. The molecule has 2 aromatic carbocycles. The number of methoxy groups -OCH3 is 1. The second-order valence-corrected chi connectivity index (χ2v) is 8.02. The number of carbonyl (C=O) groups excluding carboxylic acids is 1. The van der Waals surface area contributed by atoms with Gasteiger partial charge in [-0.1, -0.05) is 12.6 Å². The van der Waals surface area contributed by atoms with Crippen LogP contribution in [0.1, 0.15) is 12.5 Å². The third-order valence-electron chi connectivity index (χ3n) is 6.01. The monoisotopic (exact) mass is 458 g/mol. The van der Waals surface area contributed by atoms with Crippen molar-refractivity contribution in [3.05, 3.63) is 79.4 Å². The number of hydrogen-bond acceptors (Lipinski definition) is 5. The molecule has 1 atom stereocenters. The maximum Gasteiger partial charge on any atom is 0.246 e. The first-order valence-corrected chi connectivity index (χ1v) is 10.9. The maximum absolute atomic E-state index is 14.4. The molecule has 1 amide bonds. The topological polar surface area (TPSA) is 69.5 Å². The second kappa shape index (κ2) is 8.97. The first-order valence-electron chi connectivity index (χ1n) is 10.9. The van der Waals surface area contributed by atoms with Crippen molar-refractivity contribution < 1.29 is 18.7 Å². The molecule has 1 aliphatic heterocycles. The molecule has 0 radical (unpaired) electrons. The van der Waals surface area contributed by atoms with Crippen LogP contribution in [0, 0.1) is 5.82 Å². The summed E-state index contributed by atoms with van der Waals surface area (Å²) in [6.45, 7) is 4.84. The predicted molar refractivity (Wildman–Crippen MR) is 126 cm³/mol. The van der Waals surface area contributed by atoms with Gasteiger partial charge in [-0.05, 0) is 55.0 Å². The fourth-order valence-electron chi connectivity index (χ4n) is 4.28. The van der Waals surface area contributed by atoms with E-state index in [0.717, 1.165) is 28.6 Å². The second-order valence-electron chi connectivity index (χ2n) is 8.02. The Morgan fingerprint density at radius 1 is 1.18 bits per heavy atom. The zero-order valence-corrected chi connectivity index (χ0v) is 18.6. The van der Waals surface area contributed by atoms with Crippen LogP contribution in [0.3, 0.4) is 0 Å². The number of rotatable bonds is 6. The van der Waals surface area contributed by atoms with Gasteiger partial charge in [-0.3, -0.25) is 14.5 Å². The van der Waals surface area contributed by atoms with Crippen LogP contribution >= 0.6 is 0 Å². The van der Waals surface area contributed by atoms with Crippen LogP contribution in [0.5, 0.6) is 17.2 Å². The van der Waals surface area contributed by atoms with E-state index in [1.807, 2.05) is 22.9 Å². The van der Waals surface area contributed by atoms with Gasteiger partial charge in [0.15, 0.2) is 11.5 Å². The minimum Gasteiger partial charge on any atom is -0.494 e. The Hall–Kier alpha value is -4.20. The van der Waals surface area contributed by atoms with E-state index >= 15 is 0 Å². The van der Waals surface area contributed by atoms with E-state index < -0.39 is 5.82 Å². The van der Waals surface area contributed by atoms with E-state index in [1.165, 1.54) is 19.3 Å². The molecule has 0 aliphatic carbocycles. The molecule has 172 valence electrons. The summed E-state index contributed by atoms with van der Waals surface area (Å²) in [6, 6.07) is 14.1. The normalized spacial score (nSPS) is 15.5. The lowest BCUT2D eigenvalue weighted by Crippen LogP contribution is -2.27. The van der Waals surface area contributed by atoms with Gasteiger partial charge in [0, 0.05) is 36.4 Å². The van der Waals surface area contributed by atoms with Crippen molar-refractivity contribution in [1.82, 2.24) is 19.7 Å². The molecule has 7 nitrogen and oxygen atoms in total. The highest BCUT2D eigenvalue weighted by molar-refractivity contribution is 5.93. The summed E-state index contributed by atoms with van der Waals surface area (Å²) in [7, 11) is 1.41. The number of benzene rings is 2. The number of pyridine rings is 1. The number of halogens is 1. The SMILES string of the molecule is C=CC(=O)N1CC[C@H](n2nc(-c3ccc(Oc4cccc(OC)c4F)cc3)c3cnccc32)C1. The van der Waals surface area contributed by atoms with Gasteiger partial charge in [0.05, 0.1) is 18.7 Å². The van der Waals surface area contributed by atoms with Crippen molar-refractivity contribution in [3.8, 4) is 28.5 Å². The zero-order chi connectivity index (χ0) is 23.7. The third kappa shape index (κ3) is 3.87. The van der Waals surface area contributed by atoms with Gasteiger partial charge in [0.25, 0.3) is 0 Å². The van der Waals surface area contributed by atoms with Gasteiger partial charge in [0.2, 0.25) is 11.7 Å². The highest BCUT2D eigenvalue weighted by Crippen LogP contribution is 2.34. The minimum atomic E-state index is -0.551. The molecular formula is C26H23FN4O3. The Labute approximate surface area is 196 Å². The molecule has 34 heavy (non-hydrogen) atoms. The zero-order valence-electron chi connectivity index (χ0n) is 18.6. The van der Waals surface area contributed by atoms with Gasteiger partial charge in [-0.15, -0.1) is 0 Å². The molecule has 1 saturated heterocycles. The maximum atomic E-state index is 14.4. The quantitative estimate of drug-likeness (QED) is 0.381. The van der Waals surface area contributed by atoms with Crippen LogP contribution in [0.25, 0.3) is 22.2 Å². The van der Waals surface area contributed by atoms with Crippen molar-refractivity contribution >= 4 is 16.8 Å². The first kappa shape index (κ1) is 21.6. The van der Waals surface area contributed by atoms with Crippen LogP contribution in [0.4, 0.5) is 4.39 Å². The van der Waals surface area contributed by atoms with Crippen molar-refractivity contribution in [1.29, 1.82) is 0 Å². The van der Waals surface area contributed by atoms with Gasteiger partial charge < -0.3 is 14.4 Å². The van der Waals surface area contributed by atoms with Gasteiger partial charge in [0.1, 0.15) is 11.4 Å². The molecule has 0 bridgehead atoms. The molecule has 0 N–H and O–H groups in total. The fraction of sp³-hybridized carbons (Fsp3) is 0.192. The van der Waals surface area contributed by atoms with Gasteiger partial charge in [-0.2, -0.15) is 9.49 Å². The Balaban J connectivity index is 1.44. The molecule has 0 saturated carbocycles. The lowest BCUT2D eigenvalue weighted by molar-refractivity contribution is -0.125. The van der Waals surface area contributed by atoms with Crippen LogP contribution in [-0.4, -0.2) is 45.8 Å². The average molecular weight is 458 g/mol. The highest BCUT2D eigenvalue weighted by Gasteiger charge is 2.28. The van der Waals surface area contributed by atoms with Gasteiger partial charge >= 0.3 is 0 Å². The summed E-state index contributed by atoms with van der Waals surface area (Å²) >= 11 is 0. The van der Waals surface area contributed by atoms with Crippen molar-refractivity contribution in [2.75, 3.05) is 20.2 Å². The van der Waals surface area contributed by atoms with E-state index in [1.54, 1.807) is 41.6 Å². The van der Waals surface area contributed by atoms with E-state index in [2.05, 4.69) is 11.6 Å². The molecule has 8 heteroatoms. The van der Waals surface area contributed by atoms with Crippen LogP contribution < -0.4 is 9.47 Å². The lowest BCUT2D eigenvalue weighted by atomic mass is 10.1. The van der Waals surface area contributed by atoms with Gasteiger partial charge in [-0.25, -0.2) is 0 Å². The number of ether oxygens (including phenoxy) is 2. The van der Waals surface area contributed by atoms with E-state index in [4.69, 9.17) is 14.6 Å². The highest BCUT2D eigenvalue weighted by atomic mass is 19.1. The Kier molecular flexibility index (Phi) is 5.71. The lowest BCUT2D eigenvalue weighted by Gasteiger charge is -2.15. The molecule has 3 heterocycles. The van der Waals surface area contributed by atoms with E-state index in [0.29, 0.717) is 18.8 Å². The molecule has 0 spiro atoms. The summed E-state index contributed by atoms with van der Waals surface area (Å²) in [5.74, 6) is 0.0891. The Morgan fingerprint density at radius 3 is 2.74 bits per heavy atom. The van der Waals surface area contributed by atoms with Crippen molar-refractivity contribution in [2.45, 2.75) is 12.5 Å². The first-order chi connectivity index (χ1) is 16.6. The smallest absolute Gasteiger partial charge is 0.246 e. The molecular weight excluding hydrogens is 435 g/mol.